The Hall–Kier alpha value is -3.93. The quantitative estimate of drug-likeness (QED) is 0.194. The topological polar surface area (TPSA) is 200 Å². The third kappa shape index (κ3) is 9.08. The Morgan fingerprint density at radius 3 is 2.14 bits per heavy atom. The first-order chi connectivity index (χ1) is 16.6. The molecule has 0 aliphatic rings. The summed E-state index contributed by atoms with van der Waals surface area (Å²) in [6.07, 6.45) is 3.14. The fourth-order valence-electron chi connectivity index (χ4n) is 3.39. The predicted molar refractivity (Wildman–Crippen MR) is 126 cm³/mol. The molecular weight excluding hydrogens is 456 g/mol. The van der Waals surface area contributed by atoms with E-state index in [0.717, 1.165) is 0 Å². The minimum absolute atomic E-state index is 0.0213. The van der Waals surface area contributed by atoms with Crippen molar-refractivity contribution in [1.29, 1.82) is 0 Å². The molecular formula is C23H32N6O6. The molecule has 0 saturated heterocycles. The van der Waals surface area contributed by atoms with Gasteiger partial charge in [-0.15, -0.1) is 0 Å². The molecule has 3 atom stereocenters. The van der Waals surface area contributed by atoms with Gasteiger partial charge in [-0.25, -0.2) is 9.78 Å². The lowest BCUT2D eigenvalue weighted by Crippen LogP contribution is -2.57. The normalized spacial score (nSPS) is 13.5. The fourth-order valence-corrected chi connectivity index (χ4v) is 3.39. The Morgan fingerprint density at radius 2 is 1.60 bits per heavy atom. The molecule has 0 aliphatic carbocycles. The smallest absolute Gasteiger partial charge is 0.326 e. The van der Waals surface area contributed by atoms with Crippen LogP contribution in [0.5, 0.6) is 5.75 Å². The molecule has 0 fully saturated rings. The number of rotatable bonds is 13. The van der Waals surface area contributed by atoms with E-state index in [2.05, 4.69) is 25.9 Å². The number of carbonyl (C=O) groups excluding carboxylic acids is 3. The number of carbonyl (C=O) groups is 4. The molecule has 0 saturated carbocycles. The van der Waals surface area contributed by atoms with Crippen LogP contribution in [0.1, 0.15) is 31.5 Å². The van der Waals surface area contributed by atoms with Gasteiger partial charge in [-0.1, -0.05) is 26.0 Å². The lowest BCUT2D eigenvalue weighted by molar-refractivity contribution is -0.142. The largest absolute Gasteiger partial charge is 0.508 e. The van der Waals surface area contributed by atoms with Crippen LogP contribution in [-0.4, -0.2) is 68.5 Å². The highest BCUT2D eigenvalue weighted by atomic mass is 16.4. The number of aliphatic carboxylic acids is 1. The number of carboxylic acids is 1. The maximum Gasteiger partial charge on any atom is 0.326 e. The number of imidazole rings is 1. The van der Waals surface area contributed by atoms with Crippen molar-refractivity contribution in [3.05, 3.63) is 48.0 Å². The number of hydrogen-bond donors (Lipinski definition) is 7. The van der Waals surface area contributed by atoms with E-state index in [1.807, 2.05) is 13.8 Å². The van der Waals surface area contributed by atoms with Gasteiger partial charge in [0.1, 0.15) is 23.9 Å². The number of hydrogen-bond acceptors (Lipinski definition) is 7. The van der Waals surface area contributed by atoms with Crippen LogP contribution < -0.4 is 21.7 Å². The summed E-state index contributed by atoms with van der Waals surface area (Å²) in [5.41, 5.74) is 6.50. The van der Waals surface area contributed by atoms with Gasteiger partial charge >= 0.3 is 5.97 Å². The summed E-state index contributed by atoms with van der Waals surface area (Å²) in [6, 6.07) is 2.69. The number of carboxylic acid groups (broad SMARTS) is 1. The molecule has 0 bridgehead atoms. The summed E-state index contributed by atoms with van der Waals surface area (Å²) < 4.78 is 0. The highest BCUT2D eigenvalue weighted by Crippen LogP contribution is 2.13. The molecule has 35 heavy (non-hydrogen) atoms. The van der Waals surface area contributed by atoms with Crippen LogP contribution in [0.3, 0.4) is 0 Å². The molecule has 2 rings (SSSR count). The van der Waals surface area contributed by atoms with Crippen molar-refractivity contribution in [2.24, 2.45) is 11.7 Å². The number of aromatic hydroxyl groups is 1. The number of nitrogens with zero attached hydrogens (tertiary/aromatic N) is 1. The van der Waals surface area contributed by atoms with E-state index >= 15 is 0 Å². The SMILES string of the molecule is CC(C)CC(NC(=O)CN)C(=O)NC(Cc1ccc(O)cc1)C(=O)NC(Cc1cnc[nH]1)C(=O)O. The first-order valence-electron chi connectivity index (χ1n) is 11.2. The lowest BCUT2D eigenvalue weighted by atomic mass is 10.0. The van der Waals surface area contributed by atoms with Crippen molar-refractivity contribution in [3.8, 4) is 5.75 Å². The zero-order chi connectivity index (χ0) is 26.0. The third-order valence-corrected chi connectivity index (χ3v) is 5.15. The Balaban J connectivity index is 2.24. The van der Waals surface area contributed by atoms with Crippen LogP contribution in [0, 0.1) is 5.92 Å². The number of nitrogens with two attached hydrogens (primary N) is 1. The molecule has 1 heterocycles. The van der Waals surface area contributed by atoms with E-state index < -0.39 is 41.8 Å². The number of phenolic OH excluding ortho intramolecular Hbond substituents is 1. The fraction of sp³-hybridized carbons (Fsp3) is 0.435. The molecule has 0 radical (unpaired) electrons. The van der Waals surface area contributed by atoms with Crippen LogP contribution in [0.2, 0.25) is 0 Å². The Morgan fingerprint density at radius 1 is 0.971 bits per heavy atom. The number of phenols is 1. The van der Waals surface area contributed by atoms with Crippen LogP contribution >= 0.6 is 0 Å². The molecule has 3 unspecified atom stereocenters. The average molecular weight is 489 g/mol. The number of amides is 3. The van der Waals surface area contributed by atoms with Gasteiger partial charge in [-0.2, -0.15) is 0 Å². The Bertz CT molecular complexity index is 992. The van der Waals surface area contributed by atoms with Crippen molar-refractivity contribution in [2.75, 3.05) is 6.54 Å². The first-order valence-corrected chi connectivity index (χ1v) is 11.2. The molecule has 3 amide bonds. The van der Waals surface area contributed by atoms with Gasteiger partial charge in [0.25, 0.3) is 0 Å². The van der Waals surface area contributed by atoms with Crippen LogP contribution in [0.25, 0.3) is 0 Å². The molecule has 190 valence electrons. The van der Waals surface area contributed by atoms with E-state index in [1.165, 1.54) is 24.7 Å². The summed E-state index contributed by atoms with van der Waals surface area (Å²) in [5, 5.41) is 26.8. The summed E-state index contributed by atoms with van der Waals surface area (Å²) in [4.78, 5) is 56.4. The Kier molecular flexibility index (Phi) is 10.2. The van der Waals surface area contributed by atoms with E-state index in [0.29, 0.717) is 17.7 Å². The van der Waals surface area contributed by atoms with Gasteiger partial charge in [-0.05, 0) is 30.0 Å². The van der Waals surface area contributed by atoms with Crippen LogP contribution in [-0.2, 0) is 32.0 Å². The van der Waals surface area contributed by atoms with Crippen molar-refractivity contribution in [2.45, 2.75) is 51.2 Å². The zero-order valence-corrected chi connectivity index (χ0v) is 19.7. The molecule has 0 aliphatic heterocycles. The van der Waals surface area contributed by atoms with Gasteiger partial charge in [-0.3, -0.25) is 14.4 Å². The monoisotopic (exact) mass is 488 g/mol. The average Bonchev–Trinajstić information content (AvgIpc) is 3.31. The minimum atomic E-state index is -1.27. The van der Waals surface area contributed by atoms with Gasteiger partial charge in [0.05, 0.1) is 12.9 Å². The van der Waals surface area contributed by atoms with Gasteiger partial charge in [0, 0.05) is 24.7 Å². The Labute approximate surface area is 202 Å². The predicted octanol–water partition coefficient (Wildman–Crippen LogP) is -0.556. The number of aromatic nitrogens is 2. The number of aromatic amines is 1. The first kappa shape index (κ1) is 27.3. The van der Waals surface area contributed by atoms with E-state index in [1.54, 1.807) is 12.1 Å². The molecule has 2 aromatic rings. The maximum atomic E-state index is 13.1. The number of benzene rings is 1. The zero-order valence-electron chi connectivity index (χ0n) is 19.7. The third-order valence-electron chi connectivity index (χ3n) is 5.15. The second kappa shape index (κ2) is 13.1. The van der Waals surface area contributed by atoms with E-state index in [-0.39, 0.29) is 31.1 Å². The van der Waals surface area contributed by atoms with Gasteiger partial charge < -0.3 is 36.9 Å². The highest BCUT2D eigenvalue weighted by Gasteiger charge is 2.30. The van der Waals surface area contributed by atoms with Crippen molar-refractivity contribution in [1.82, 2.24) is 25.9 Å². The van der Waals surface area contributed by atoms with Crippen LogP contribution in [0.4, 0.5) is 0 Å². The summed E-state index contributed by atoms with van der Waals surface area (Å²) >= 11 is 0. The van der Waals surface area contributed by atoms with Gasteiger partial charge in [0.15, 0.2) is 0 Å². The second-order valence-corrected chi connectivity index (χ2v) is 8.57. The molecule has 1 aromatic carbocycles. The molecule has 1 aromatic heterocycles. The van der Waals surface area contributed by atoms with Crippen molar-refractivity contribution < 1.29 is 29.4 Å². The molecule has 8 N–H and O–H groups in total. The molecule has 12 heteroatoms. The summed E-state index contributed by atoms with van der Waals surface area (Å²) in [5.74, 6) is -3.00. The molecule has 12 nitrogen and oxygen atoms in total. The van der Waals surface area contributed by atoms with E-state index in [4.69, 9.17) is 5.73 Å². The van der Waals surface area contributed by atoms with E-state index in [9.17, 15) is 29.4 Å². The van der Waals surface area contributed by atoms with Gasteiger partial charge in [0.2, 0.25) is 17.7 Å². The van der Waals surface area contributed by atoms with Crippen molar-refractivity contribution >= 4 is 23.7 Å². The lowest BCUT2D eigenvalue weighted by Gasteiger charge is -2.25. The molecule has 0 spiro atoms. The summed E-state index contributed by atoms with van der Waals surface area (Å²) in [7, 11) is 0. The van der Waals surface area contributed by atoms with Crippen LogP contribution in [0.15, 0.2) is 36.8 Å². The van der Waals surface area contributed by atoms with Crippen molar-refractivity contribution in [3.63, 3.8) is 0 Å². The number of H-pyrrole nitrogens is 1. The summed E-state index contributed by atoms with van der Waals surface area (Å²) in [6.45, 7) is 3.46. The number of nitrogens with one attached hydrogen (secondary N) is 4. The second-order valence-electron chi connectivity index (χ2n) is 8.57. The highest BCUT2D eigenvalue weighted by molar-refractivity contribution is 5.93. The standard InChI is InChI=1S/C23H32N6O6/c1-13(2)7-17(27-20(31)10-24)21(32)28-18(8-14-3-5-16(30)6-4-14)22(33)29-19(23(34)35)9-15-11-25-12-26-15/h3-6,11-13,17-19,30H,7-10,24H2,1-2H3,(H,25,26)(H,27,31)(H,28,32)(H,29,33)(H,34,35). The minimum Gasteiger partial charge on any atom is -0.508 e. The maximum absolute atomic E-state index is 13.1.